The maximum absolute atomic E-state index is 12.3. The molecule has 1 aliphatic heterocycles. The molecular weight excluding hydrogens is 376 g/mol. The first-order chi connectivity index (χ1) is 13.7. The molecule has 4 rings (SSSR count). The second kappa shape index (κ2) is 8.35. The largest absolute Gasteiger partial charge is 0.490 e. The molecule has 144 valence electrons. The molecule has 3 aromatic rings. The molecule has 0 aliphatic carbocycles. The highest BCUT2D eigenvalue weighted by Gasteiger charge is 2.13. The van der Waals surface area contributed by atoms with Crippen molar-refractivity contribution in [2.24, 2.45) is 0 Å². The molecule has 0 saturated carbocycles. The molecule has 0 bridgehead atoms. The topological polar surface area (TPSA) is 89.1 Å². The molecule has 0 atom stereocenters. The summed E-state index contributed by atoms with van der Waals surface area (Å²) in [4.78, 5) is 16.7. The molecule has 1 aliphatic rings. The van der Waals surface area contributed by atoms with E-state index >= 15 is 0 Å². The number of benzene rings is 2. The third kappa shape index (κ3) is 4.45. The Labute approximate surface area is 166 Å². The molecule has 2 N–H and O–H groups in total. The van der Waals surface area contributed by atoms with E-state index in [0.717, 1.165) is 12.0 Å². The molecule has 7 nitrogen and oxygen atoms in total. The van der Waals surface area contributed by atoms with Gasteiger partial charge < -0.3 is 14.8 Å². The standard InChI is InChI=1S/C20H20N4O3S/c1-13-3-5-14(6-4-13)19-22-20(24-23-19)28-12-18(25)21-15-7-8-16-17(11-15)27-10-2-9-26-16/h3-8,11H,2,9-10,12H2,1H3,(H,21,25)(H,22,23,24). The van der Waals surface area contributed by atoms with Gasteiger partial charge in [-0.2, -0.15) is 0 Å². The van der Waals surface area contributed by atoms with Crippen LogP contribution >= 0.6 is 11.8 Å². The van der Waals surface area contributed by atoms with Crippen LogP contribution in [0.2, 0.25) is 0 Å². The lowest BCUT2D eigenvalue weighted by Crippen LogP contribution is -2.14. The van der Waals surface area contributed by atoms with Crippen LogP contribution in [-0.4, -0.2) is 40.1 Å². The third-order valence-corrected chi connectivity index (χ3v) is 5.00. The van der Waals surface area contributed by atoms with Gasteiger partial charge in [0.25, 0.3) is 0 Å². The van der Waals surface area contributed by atoms with Gasteiger partial charge >= 0.3 is 0 Å². The minimum Gasteiger partial charge on any atom is -0.490 e. The Hall–Kier alpha value is -3.00. The Kier molecular flexibility index (Phi) is 5.48. The van der Waals surface area contributed by atoms with Gasteiger partial charge in [-0.05, 0) is 19.1 Å². The number of aryl methyl sites for hydroxylation is 1. The van der Waals surface area contributed by atoms with E-state index in [9.17, 15) is 4.79 Å². The first-order valence-corrected chi connectivity index (χ1v) is 9.98. The number of nitrogens with zero attached hydrogens (tertiary/aromatic N) is 2. The Morgan fingerprint density at radius 3 is 2.75 bits per heavy atom. The van der Waals surface area contributed by atoms with E-state index in [0.29, 0.717) is 41.4 Å². The lowest BCUT2D eigenvalue weighted by atomic mass is 10.1. The molecule has 1 amide bonds. The highest BCUT2D eigenvalue weighted by atomic mass is 32.2. The summed E-state index contributed by atoms with van der Waals surface area (Å²) in [6, 6.07) is 13.4. The lowest BCUT2D eigenvalue weighted by molar-refractivity contribution is -0.113. The van der Waals surface area contributed by atoms with Crippen molar-refractivity contribution in [1.82, 2.24) is 15.2 Å². The van der Waals surface area contributed by atoms with Crippen LogP contribution in [0.4, 0.5) is 5.69 Å². The quantitative estimate of drug-likeness (QED) is 0.640. The zero-order chi connectivity index (χ0) is 19.3. The van der Waals surface area contributed by atoms with Gasteiger partial charge in [-0.15, -0.1) is 5.10 Å². The summed E-state index contributed by atoms with van der Waals surface area (Å²) < 4.78 is 11.2. The van der Waals surface area contributed by atoms with Crippen molar-refractivity contribution in [2.45, 2.75) is 18.5 Å². The predicted octanol–water partition coefficient (Wildman–Crippen LogP) is 3.67. The number of carbonyl (C=O) groups is 1. The number of ether oxygens (including phenoxy) is 2. The molecule has 2 aromatic carbocycles. The zero-order valence-electron chi connectivity index (χ0n) is 15.4. The van der Waals surface area contributed by atoms with E-state index in [2.05, 4.69) is 20.5 Å². The zero-order valence-corrected chi connectivity index (χ0v) is 16.2. The van der Waals surface area contributed by atoms with Crippen molar-refractivity contribution in [1.29, 1.82) is 0 Å². The number of rotatable bonds is 5. The van der Waals surface area contributed by atoms with Crippen LogP contribution in [0.25, 0.3) is 11.4 Å². The van der Waals surface area contributed by atoms with Crippen LogP contribution in [0, 0.1) is 6.92 Å². The van der Waals surface area contributed by atoms with E-state index in [1.165, 1.54) is 17.3 Å². The fourth-order valence-electron chi connectivity index (χ4n) is 2.72. The van der Waals surface area contributed by atoms with Crippen LogP contribution < -0.4 is 14.8 Å². The number of anilines is 1. The van der Waals surface area contributed by atoms with Crippen LogP contribution in [0.5, 0.6) is 11.5 Å². The molecule has 0 saturated heterocycles. The molecule has 0 unspecified atom stereocenters. The van der Waals surface area contributed by atoms with E-state index in [1.54, 1.807) is 12.1 Å². The molecule has 0 radical (unpaired) electrons. The first-order valence-electron chi connectivity index (χ1n) is 8.99. The molecule has 8 heteroatoms. The minimum absolute atomic E-state index is 0.138. The van der Waals surface area contributed by atoms with Crippen LogP contribution in [0.15, 0.2) is 47.6 Å². The van der Waals surface area contributed by atoms with Crippen molar-refractivity contribution in [3.8, 4) is 22.9 Å². The highest BCUT2D eigenvalue weighted by Crippen LogP contribution is 2.32. The Morgan fingerprint density at radius 2 is 1.93 bits per heavy atom. The monoisotopic (exact) mass is 396 g/mol. The van der Waals surface area contributed by atoms with E-state index < -0.39 is 0 Å². The van der Waals surface area contributed by atoms with Gasteiger partial charge in [0, 0.05) is 23.7 Å². The van der Waals surface area contributed by atoms with Gasteiger partial charge in [-0.3, -0.25) is 9.89 Å². The van der Waals surface area contributed by atoms with Gasteiger partial charge in [-0.25, -0.2) is 4.98 Å². The number of fused-ring (bicyclic) bond motifs is 1. The number of hydrogen-bond acceptors (Lipinski definition) is 6. The molecule has 0 fully saturated rings. The maximum Gasteiger partial charge on any atom is 0.234 e. The number of nitrogens with one attached hydrogen (secondary N) is 2. The van der Waals surface area contributed by atoms with Crippen molar-refractivity contribution in [2.75, 3.05) is 24.3 Å². The van der Waals surface area contributed by atoms with Gasteiger partial charge in [0.1, 0.15) is 0 Å². The van der Waals surface area contributed by atoms with Gasteiger partial charge in [0.15, 0.2) is 17.3 Å². The summed E-state index contributed by atoms with van der Waals surface area (Å²) >= 11 is 1.28. The van der Waals surface area contributed by atoms with E-state index in [-0.39, 0.29) is 11.7 Å². The highest BCUT2D eigenvalue weighted by molar-refractivity contribution is 7.99. The number of carbonyl (C=O) groups excluding carboxylic acids is 1. The summed E-state index contributed by atoms with van der Waals surface area (Å²) in [6.45, 7) is 3.28. The fraction of sp³-hybridized carbons (Fsp3) is 0.250. The lowest BCUT2D eigenvalue weighted by Gasteiger charge is -2.10. The number of aromatic nitrogens is 3. The average molecular weight is 396 g/mol. The van der Waals surface area contributed by atoms with E-state index in [4.69, 9.17) is 9.47 Å². The number of thioether (sulfide) groups is 1. The van der Waals surface area contributed by atoms with E-state index in [1.807, 2.05) is 37.3 Å². The number of amides is 1. The van der Waals surface area contributed by atoms with Crippen molar-refractivity contribution >= 4 is 23.4 Å². The number of hydrogen-bond donors (Lipinski definition) is 2. The second-order valence-electron chi connectivity index (χ2n) is 6.38. The third-order valence-electron chi connectivity index (χ3n) is 4.15. The minimum atomic E-state index is -0.138. The summed E-state index contributed by atoms with van der Waals surface area (Å²) in [7, 11) is 0. The van der Waals surface area contributed by atoms with Gasteiger partial charge in [0.2, 0.25) is 11.1 Å². The van der Waals surface area contributed by atoms with Crippen LogP contribution in [0.1, 0.15) is 12.0 Å². The Balaban J connectivity index is 1.34. The molecule has 28 heavy (non-hydrogen) atoms. The van der Waals surface area contributed by atoms with Crippen LogP contribution in [-0.2, 0) is 4.79 Å². The summed E-state index contributed by atoms with van der Waals surface area (Å²) in [6.07, 6.45) is 0.842. The Bertz CT molecular complexity index is 972. The summed E-state index contributed by atoms with van der Waals surface area (Å²) in [5.74, 6) is 2.11. The SMILES string of the molecule is Cc1ccc(-c2nc(SCC(=O)Nc3ccc4c(c3)OCCCO4)n[nH]2)cc1. The maximum atomic E-state index is 12.3. The normalized spacial score (nSPS) is 13.0. The summed E-state index contributed by atoms with van der Waals surface area (Å²) in [5, 5.41) is 10.5. The average Bonchev–Trinajstić information content (AvgIpc) is 3.05. The molecule has 2 heterocycles. The summed E-state index contributed by atoms with van der Waals surface area (Å²) in [5.41, 5.74) is 2.82. The molecular formula is C20H20N4O3S. The smallest absolute Gasteiger partial charge is 0.234 e. The van der Waals surface area contributed by atoms with Gasteiger partial charge in [-0.1, -0.05) is 41.6 Å². The number of H-pyrrole nitrogens is 1. The predicted molar refractivity (Wildman–Crippen MR) is 108 cm³/mol. The van der Waals surface area contributed by atoms with Crippen molar-refractivity contribution < 1.29 is 14.3 Å². The fourth-order valence-corrected chi connectivity index (χ4v) is 3.32. The first kappa shape index (κ1) is 18.4. The Morgan fingerprint density at radius 1 is 1.14 bits per heavy atom. The molecule has 1 aromatic heterocycles. The number of aromatic amines is 1. The van der Waals surface area contributed by atoms with Crippen molar-refractivity contribution in [3.05, 3.63) is 48.0 Å². The second-order valence-corrected chi connectivity index (χ2v) is 7.32. The molecule has 0 spiro atoms. The van der Waals surface area contributed by atoms with Gasteiger partial charge in [0.05, 0.1) is 19.0 Å². The van der Waals surface area contributed by atoms with Crippen LogP contribution in [0.3, 0.4) is 0 Å². The van der Waals surface area contributed by atoms with Crippen molar-refractivity contribution in [3.63, 3.8) is 0 Å².